The number of aromatic carboxylic acids is 1. The summed E-state index contributed by atoms with van der Waals surface area (Å²) in [5.41, 5.74) is 3.25. The lowest BCUT2D eigenvalue weighted by atomic mass is 9.97. The average Bonchev–Trinajstić information content (AvgIpc) is 3.37. The molecule has 0 bridgehead atoms. The number of hydrogen-bond donors (Lipinski definition) is 1. The van der Waals surface area contributed by atoms with Crippen LogP contribution in [0.3, 0.4) is 0 Å². The molecule has 3 aromatic rings. The van der Waals surface area contributed by atoms with Crippen molar-refractivity contribution >= 4 is 23.0 Å². The van der Waals surface area contributed by atoms with Crippen molar-refractivity contribution in [3.63, 3.8) is 0 Å². The second-order valence-corrected chi connectivity index (χ2v) is 9.53. The fourth-order valence-corrected chi connectivity index (χ4v) is 4.96. The van der Waals surface area contributed by atoms with Gasteiger partial charge in [0.25, 0.3) is 0 Å². The number of carboxylic acids is 1. The van der Waals surface area contributed by atoms with Gasteiger partial charge in [-0.2, -0.15) is 0 Å². The summed E-state index contributed by atoms with van der Waals surface area (Å²) in [4.78, 5) is 13.7. The number of carbonyl (C=O) groups is 1. The molecule has 2 heterocycles. The zero-order valence-electron chi connectivity index (χ0n) is 19.5. The maximum absolute atomic E-state index is 11.2. The molecule has 1 aliphatic heterocycles. The minimum Gasteiger partial charge on any atom is -0.478 e. The highest BCUT2D eigenvalue weighted by molar-refractivity contribution is 7.17. The molecule has 0 radical (unpaired) electrons. The summed E-state index contributed by atoms with van der Waals surface area (Å²) in [7, 11) is 1.74. The van der Waals surface area contributed by atoms with Gasteiger partial charge < -0.3 is 19.5 Å². The van der Waals surface area contributed by atoms with E-state index in [1.165, 1.54) is 17.0 Å². The number of piperidine rings is 1. The molecule has 0 aliphatic carbocycles. The lowest BCUT2D eigenvalue weighted by Crippen LogP contribution is -2.35. The van der Waals surface area contributed by atoms with Gasteiger partial charge >= 0.3 is 5.97 Å². The van der Waals surface area contributed by atoms with Crippen LogP contribution in [0, 0.1) is 5.92 Å². The number of ether oxygens (including phenoxy) is 2. The molecule has 1 N–H and O–H groups in total. The summed E-state index contributed by atoms with van der Waals surface area (Å²) in [6.07, 6.45) is 4.41. The van der Waals surface area contributed by atoms with Crippen LogP contribution in [0.5, 0.6) is 0 Å². The average molecular weight is 482 g/mol. The summed E-state index contributed by atoms with van der Waals surface area (Å²) in [5.74, 6) is -0.311. The summed E-state index contributed by atoms with van der Waals surface area (Å²) in [6, 6.07) is 15.3. The normalized spacial score (nSPS) is 14.4. The zero-order valence-corrected chi connectivity index (χ0v) is 20.3. The van der Waals surface area contributed by atoms with Crippen molar-refractivity contribution in [2.24, 2.45) is 5.92 Å². The third-order valence-electron chi connectivity index (χ3n) is 6.12. The van der Waals surface area contributed by atoms with Crippen molar-refractivity contribution in [1.29, 1.82) is 0 Å². The number of anilines is 1. The molecule has 8 heteroatoms. The molecule has 7 nitrogen and oxygen atoms in total. The Morgan fingerprint density at radius 2 is 1.74 bits per heavy atom. The Morgan fingerprint density at radius 1 is 1.03 bits per heavy atom. The maximum atomic E-state index is 11.2. The third-order valence-corrected chi connectivity index (χ3v) is 7.14. The van der Waals surface area contributed by atoms with E-state index < -0.39 is 5.97 Å². The first-order valence-corrected chi connectivity index (χ1v) is 12.5. The van der Waals surface area contributed by atoms with E-state index in [0.29, 0.717) is 10.9 Å². The number of methoxy groups -OCH3 is 1. The Balaban J connectivity index is 1.29. The zero-order chi connectivity index (χ0) is 23.8. The van der Waals surface area contributed by atoms with Gasteiger partial charge in [0.15, 0.2) is 0 Å². The summed E-state index contributed by atoms with van der Waals surface area (Å²) in [5, 5.41) is 19.4. The molecule has 1 aliphatic rings. The van der Waals surface area contributed by atoms with Crippen molar-refractivity contribution in [3.8, 4) is 21.1 Å². The van der Waals surface area contributed by atoms with E-state index in [-0.39, 0.29) is 5.56 Å². The van der Waals surface area contributed by atoms with Crippen LogP contribution in [0.25, 0.3) is 21.1 Å². The Hall–Kier alpha value is -2.81. The summed E-state index contributed by atoms with van der Waals surface area (Å²) < 4.78 is 10.9. The molecule has 0 saturated carbocycles. The van der Waals surface area contributed by atoms with Gasteiger partial charge in [-0.3, -0.25) is 0 Å². The van der Waals surface area contributed by atoms with Crippen LogP contribution < -0.4 is 4.90 Å². The van der Waals surface area contributed by atoms with Gasteiger partial charge in [-0.15, -0.1) is 10.2 Å². The molecule has 4 rings (SSSR count). The van der Waals surface area contributed by atoms with Crippen LogP contribution in [0.15, 0.2) is 48.5 Å². The van der Waals surface area contributed by atoms with Gasteiger partial charge in [0.2, 0.25) is 0 Å². The molecular formula is C26H31N3O4S. The van der Waals surface area contributed by atoms with Crippen LogP contribution in [-0.2, 0) is 9.47 Å². The molecule has 2 aromatic carbocycles. The molecule has 0 atom stereocenters. The predicted octanol–water partition coefficient (Wildman–Crippen LogP) is 5.23. The number of benzene rings is 2. The van der Waals surface area contributed by atoms with E-state index in [2.05, 4.69) is 39.4 Å². The number of hydrogen-bond acceptors (Lipinski definition) is 7. The van der Waals surface area contributed by atoms with Crippen LogP contribution in [0.4, 0.5) is 5.69 Å². The fraction of sp³-hybridized carbons (Fsp3) is 0.423. The predicted molar refractivity (Wildman–Crippen MR) is 135 cm³/mol. The highest BCUT2D eigenvalue weighted by Crippen LogP contribution is 2.32. The number of aromatic nitrogens is 2. The van der Waals surface area contributed by atoms with Gasteiger partial charge in [-0.1, -0.05) is 23.5 Å². The first-order valence-electron chi connectivity index (χ1n) is 11.7. The molecule has 1 saturated heterocycles. The van der Waals surface area contributed by atoms with Crippen molar-refractivity contribution < 1.29 is 19.4 Å². The number of rotatable bonds is 11. The Kier molecular flexibility index (Phi) is 8.62. The van der Waals surface area contributed by atoms with Gasteiger partial charge in [-0.25, -0.2) is 4.79 Å². The lowest BCUT2D eigenvalue weighted by Gasteiger charge is -2.33. The van der Waals surface area contributed by atoms with Crippen molar-refractivity contribution in [2.45, 2.75) is 25.7 Å². The Morgan fingerprint density at radius 3 is 2.44 bits per heavy atom. The smallest absolute Gasteiger partial charge is 0.335 e. The molecule has 34 heavy (non-hydrogen) atoms. The summed E-state index contributed by atoms with van der Waals surface area (Å²) in [6.45, 7) is 4.57. The van der Waals surface area contributed by atoms with Crippen molar-refractivity contribution in [3.05, 3.63) is 54.1 Å². The molecule has 1 fully saturated rings. The van der Waals surface area contributed by atoms with E-state index in [1.54, 1.807) is 25.3 Å². The standard InChI is InChI=1S/C26H31N3O4S/c1-32-15-2-3-16-33-18-19-11-13-29(14-12-19)23-9-7-20(8-10-23)24-27-28-25(34-24)21-5-4-6-22(17-21)26(30)31/h4-10,17,19H,2-3,11-16,18H2,1H3,(H,30,31). The fourth-order valence-electron chi connectivity index (χ4n) is 4.11. The minimum atomic E-state index is -0.948. The molecule has 0 spiro atoms. The molecule has 0 unspecified atom stereocenters. The van der Waals surface area contributed by atoms with Crippen molar-refractivity contribution in [1.82, 2.24) is 10.2 Å². The quantitative estimate of drug-likeness (QED) is 0.375. The van der Waals surface area contributed by atoms with Gasteiger partial charge in [0.05, 0.1) is 5.56 Å². The first kappa shape index (κ1) is 24.3. The highest BCUT2D eigenvalue weighted by Gasteiger charge is 2.20. The second kappa shape index (κ2) is 12.1. The van der Waals surface area contributed by atoms with E-state index in [1.807, 2.05) is 6.07 Å². The van der Waals surface area contributed by atoms with Crippen LogP contribution in [-0.4, -0.2) is 61.3 Å². The Bertz CT molecular complexity index is 1060. The number of unbranched alkanes of at least 4 members (excludes halogenated alkanes) is 1. The maximum Gasteiger partial charge on any atom is 0.335 e. The van der Waals surface area contributed by atoms with E-state index in [9.17, 15) is 9.90 Å². The Labute approximate surface area is 204 Å². The minimum absolute atomic E-state index is 0.246. The molecular weight excluding hydrogens is 450 g/mol. The topological polar surface area (TPSA) is 84.8 Å². The van der Waals surface area contributed by atoms with Crippen LogP contribution in [0.1, 0.15) is 36.0 Å². The molecule has 0 amide bonds. The number of nitrogens with zero attached hydrogens (tertiary/aromatic N) is 3. The van der Waals surface area contributed by atoms with E-state index in [4.69, 9.17) is 9.47 Å². The number of carboxylic acid groups (broad SMARTS) is 1. The van der Waals surface area contributed by atoms with E-state index >= 15 is 0 Å². The van der Waals surface area contributed by atoms with E-state index in [0.717, 1.165) is 74.7 Å². The van der Waals surface area contributed by atoms with Crippen molar-refractivity contribution in [2.75, 3.05) is 44.9 Å². The van der Waals surface area contributed by atoms with Crippen LogP contribution in [0.2, 0.25) is 0 Å². The monoisotopic (exact) mass is 481 g/mol. The van der Waals surface area contributed by atoms with Crippen LogP contribution >= 0.6 is 11.3 Å². The lowest BCUT2D eigenvalue weighted by molar-refractivity contribution is 0.0697. The van der Waals surface area contributed by atoms with Gasteiger partial charge in [0.1, 0.15) is 10.0 Å². The molecule has 180 valence electrons. The third kappa shape index (κ3) is 6.40. The highest BCUT2D eigenvalue weighted by atomic mass is 32.1. The summed E-state index contributed by atoms with van der Waals surface area (Å²) >= 11 is 1.47. The van der Waals surface area contributed by atoms with Gasteiger partial charge in [-0.05, 0) is 68.0 Å². The largest absolute Gasteiger partial charge is 0.478 e. The van der Waals surface area contributed by atoms with Gasteiger partial charge in [0, 0.05) is 56.8 Å². The second-order valence-electron chi connectivity index (χ2n) is 8.55. The SMILES string of the molecule is COCCCCOCC1CCN(c2ccc(-c3nnc(-c4cccc(C(=O)O)c4)s3)cc2)CC1. The first-order chi connectivity index (χ1) is 16.6. The molecule has 1 aromatic heterocycles.